The molecule has 2 fully saturated rings. The molecule has 2 rings (SSSR count). The highest BCUT2D eigenvalue weighted by molar-refractivity contribution is 6.18. The fraction of sp³-hybridized carbons (Fsp3) is 1.00. The molecule has 0 amide bonds. The summed E-state index contributed by atoms with van der Waals surface area (Å²) in [7, 11) is 0. The fourth-order valence-corrected chi connectivity index (χ4v) is 2.93. The van der Waals surface area contributed by atoms with Crippen molar-refractivity contribution in [3.63, 3.8) is 0 Å². The largest absolute Gasteiger partial charge is 0.377 e. The molecule has 0 N–H and O–H groups in total. The molecule has 0 aliphatic carbocycles. The van der Waals surface area contributed by atoms with Crippen LogP contribution in [0.5, 0.6) is 0 Å². The second-order valence-corrected chi connectivity index (χ2v) is 5.22. The first-order valence-electron chi connectivity index (χ1n) is 6.28. The Labute approximate surface area is 97.9 Å². The number of piperidine rings is 1. The summed E-state index contributed by atoms with van der Waals surface area (Å²) in [5.74, 6) is 1.53. The van der Waals surface area contributed by atoms with Gasteiger partial charge < -0.3 is 9.64 Å². The van der Waals surface area contributed by atoms with E-state index in [2.05, 4.69) is 4.90 Å². The van der Waals surface area contributed by atoms with Gasteiger partial charge in [-0.3, -0.25) is 0 Å². The maximum Gasteiger partial charge on any atom is 0.0702 e. The van der Waals surface area contributed by atoms with Crippen molar-refractivity contribution in [2.24, 2.45) is 5.92 Å². The molecular weight excluding hydrogens is 210 g/mol. The number of ether oxygens (including phenoxy) is 1. The number of halogens is 1. The summed E-state index contributed by atoms with van der Waals surface area (Å²) < 4.78 is 5.77. The van der Waals surface area contributed by atoms with E-state index in [4.69, 9.17) is 16.3 Å². The number of alkyl halides is 1. The Balaban J connectivity index is 1.72. The van der Waals surface area contributed by atoms with E-state index in [1.165, 1.54) is 45.2 Å². The molecule has 0 radical (unpaired) electrons. The summed E-state index contributed by atoms with van der Waals surface area (Å²) in [4.78, 5) is 2.55. The van der Waals surface area contributed by atoms with Crippen LogP contribution in [-0.2, 0) is 4.74 Å². The summed E-state index contributed by atoms with van der Waals surface area (Å²) in [5.41, 5.74) is 0. The molecule has 0 bridgehead atoms. The summed E-state index contributed by atoms with van der Waals surface area (Å²) in [6.45, 7) is 4.53. The summed E-state index contributed by atoms with van der Waals surface area (Å²) in [6.07, 6.45) is 6.96. The van der Waals surface area contributed by atoms with Gasteiger partial charge in [0.1, 0.15) is 0 Å². The van der Waals surface area contributed by atoms with Crippen molar-refractivity contribution in [3.8, 4) is 0 Å². The zero-order valence-corrected chi connectivity index (χ0v) is 10.2. The van der Waals surface area contributed by atoms with Crippen LogP contribution in [0.25, 0.3) is 0 Å². The van der Waals surface area contributed by atoms with E-state index in [-0.39, 0.29) is 0 Å². The molecule has 3 heteroatoms. The van der Waals surface area contributed by atoms with Crippen LogP contribution in [0.15, 0.2) is 0 Å². The highest BCUT2D eigenvalue weighted by atomic mass is 35.5. The van der Waals surface area contributed by atoms with Crippen LogP contribution in [0.2, 0.25) is 0 Å². The zero-order valence-electron chi connectivity index (χ0n) is 9.46. The first-order chi connectivity index (χ1) is 7.38. The first-order valence-corrected chi connectivity index (χ1v) is 6.82. The second-order valence-electron chi connectivity index (χ2n) is 4.91. The SMILES string of the molecule is ClCC1CCCN(CC2CCCCO2)C1. The third-order valence-corrected chi connectivity index (χ3v) is 3.99. The van der Waals surface area contributed by atoms with Gasteiger partial charge >= 0.3 is 0 Å². The number of nitrogens with zero attached hydrogens (tertiary/aromatic N) is 1. The summed E-state index contributed by atoms with van der Waals surface area (Å²) in [5, 5.41) is 0. The van der Waals surface area contributed by atoms with Gasteiger partial charge in [-0.05, 0) is 44.6 Å². The standard InChI is InChI=1S/C12H22ClNO/c13-8-11-4-3-6-14(9-11)10-12-5-1-2-7-15-12/h11-12H,1-10H2. The van der Waals surface area contributed by atoms with Crippen molar-refractivity contribution in [1.29, 1.82) is 0 Å². The minimum Gasteiger partial charge on any atom is -0.377 e. The van der Waals surface area contributed by atoms with Crippen molar-refractivity contribution in [3.05, 3.63) is 0 Å². The minimum atomic E-state index is 0.493. The van der Waals surface area contributed by atoms with Gasteiger partial charge in [0.05, 0.1) is 6.10 Å². The van der Waals surface area contributed by atoms with E-state index in [0.29, 0.717) is 12.0 Å². The van der Waals surface area contributed by atoms with Crippen LogP contribution in [0.3, 0.4) is 0 Å². The molecule has 2 heterocycles. The zero-order chi connectivity index (χ0) is 10.5. The highest BCUT2D eigenvalue weighted by Gasteiger charge is 2.23. The molecule has 0 aromatic carbocycles. The van der Waals surface area contributed by atoms with Crippen LogP contribution in [0.1, 0.15) is 32.1 Å². The molecule has 2 saturated heterocycles. The van der Waals surface area contributed by atoms with E-state index in [9.17, 15) is 0 Å². The molecule has 2 atom stereocenters. The number of rotatable bonds is 3. The molecule has 15 heavy (non-hydrogen) atoms. The molecule has 0 aromatic rings. The Morgan fingerprint density at radius 1 is 1.20 bits per heavy atom. The van der Waals surface area contributed by atoms with Gasteiger partial charge in [0.15, 0.2) is 0 Å². The van der Waals surface area contributed by atoms with Gasteiger partial charge in [0.25, 0.3) is 0 Å². The topological polar surface area (TPSA) is 12.5 Å². The third-order valence-electron chi connectivity index (χ3n) is 3.56. The van der Waals surface area contributed by atoms with Crippen LogP contribution in [-0.4, -0.2) is 43.1 Å². The Hall–Kier alpha value is 0.210. The Morgan fingerprint density at radius 3 is 2.87 bits per heavy atom. The molecule has 2 nitrogen and oxygen atoms in total. The van der Waals surface area contributed by atoms with E-state index in [1.807, 2.05) is 0 Å². The molecule has 2 unspecified atom stereocenters. The van der Waals surface area contributed by atoms with Crippen molar-refractivity contribution < 1.29 is 4.74 Å². The predicted octanol–water partition coefficient (Wildman–Crippen LogP) is 2.51. The monoisotopic (exact) mass is 231 g/mol. The maximum absolute atomic E-state index is 5.93. The van der Waals surface area contributed by atoms with Gasteiger partial charge in [0.2, 0.25) is 0 Å². The van der Waals surface area contributed by atoms with Crippen molar-refractivity contribution in [1.82, 2.24) is 4.90 Å². The molecule has 2 aliphatic heterocycles. The Bertz CT molecular complexity index is 182. The van der Waals surface area contributed by atoms with Crippen LogP contribution < -0.4 is 0 Å². The molecule has 0 aromatic heterocycles. The maximum atomic E-state index is 5.93. The number of likely N-dealkylation sites (tertiary alicyclic amines) is 1. The van der Waals surface area contributed by atoms with Gasteiger partial charge in [-0.1, -0.05) is 0 Å². The fourth-order valence-electron chi connectivity index (χ4n) is 2.68. The van der Waals surface area contributed by atoms with Gasteiger partial charge in [-0.2, -0.15) is 0 Å². The van der Waals surface area contributed by atoms with E-state index in [1.54, 1.807) is 0 Å². The normalized spacial score (nSPS) is 34.2. The van der Waals surface area contributed by atoms with Gasteiger partial charge in [-0.25, -0.2) is 0 Å². The average Bonchev–Trinajstić information content (AvgIpc) is 2.31. The number of hydrogen-bond donors (Lipinski definition) is 0. The van der Waals surface area contributed by atoms with Crippen molar-refractivity contribution >= 4 is 11.6 Å². The third kappa shape index (κ3) is 3.61. The minimum absolute atomic E-state index is 0.493. The highest BCUT2D eigenvalue weighted by Crippen LogP contribution is 2.20. The lowest BCUT2D eigenvalue weighted by Crippen LogP contribution is -2.42. The number of hydrogen-bond acceptors (Lipinski definition) is 2. The van der Waals surface area contributed by atoms with Crippen molar-refractivity contribution in [2.45, 2.75) is 38.2 Å². The quantitative estimate of drug-likeness (QED) is 0.693. The van der Waals surface area contributed by atoms with Crippen LogP contribution in [0.4, 0.5) is 0 Å². The first kappa shape index (κ1) is 11.7. The lowest BCUT2D eigenvalue weighted by Gasteiger charge is -2.35. The van der Waals surface area contributed by atoms with Crippen LogP contribution in [0, 0.1) is 5.92 Å². The van der Waals surface area contributed by atoms with Gasteiger partial charge in [-0.15, -0.1) is 11.6 Å². The summed E-state index contributed by atoms with van der Waals surface area (Å²) >= 11 is 5.93. The van der Waals surface area contributed by atoms with E-state index < -0.39 is 0 Å². The smallest absolute Gasteiger partial charge is 0.0702 e. The lowest BCUT2D eigenvalue weighted by molar-refractivity contribution is -0.0118. The molecule has 0 spiro atoms. The van der Waals surface area contributed by atoms with Crippen molar-refractivity contribution in [2.75, 3.05) is 32.1 Å². The Kier molecular flexibility index (Phi) is 4.73. The lowest BCUT2D eigenvalue weighted by atomic mass is 9.99. The predicted molar refractivity (Wildman–Crippen MR) is 63.5 cm³/mol. The molecule has 0 saturated carbocycles. The molecular formula is C12H22ClNO. The average molecular weight is 232 g/mol. The van der Waals surface area contributed by atoms with E-state index >= 15 is 0 Å². The van der Waals surface area contributed by atoms with Gasteiger partial charge in [0, 0.05) is 25.6 Å². The van der Waals surface area contributed by atoms with E-state index in [0.717, 1.165) is 19.0 Å². The summed E-state index contributed by atoms with van der Waals surface area (Å²) in [6, 6.07) is 0. The van der Waals surface area contributed by atoms with Crippen LogP contribution >= 0.6 is 11.6 Å². The second kappa shape index (κ2) is 6.07. The molecule has 88 valence electrons. The Morgan fingerprint density at radius 2 is 2.13 bits per heavy atom. The molecule has 2 aliphatic rings.